The second kappa shape index (κ2) is 2.73. The smallest absolute Gasteiger partial charge is 0.319 e. The second-order valence-corrected chi connectivity index (χ2v) is 4.13. The fourth-order valence-corrected chi connectivity index (χ4v) is 2.75. The molecule has 1 N–H and O–H groups in total. The molecule has 1 amide bonds. The van der Waals surface area contributed by atoms with E-state index in [-0.39, 0.29) is 17.7 Å². The summed E-state index contributed by atoms with van der Waals surface area (Å²) >= 11 is 1.24. The maximum absolute atomic E-state index is 11.2. The minimum absolute atomic E-state index is 0.0153. The van der Waals surface area contributed by atoms with E-state index in [2.05, 4.69) is 0 Å². The number of carbonyl (C=O) groups is 3. The third-order valence-corrected chi connectivity index (χ3v) is 3.53. The van der Waals surface area contributed by atoms with E-state index in [0.717, 1.165) is 0 Å². The number of fused-ring (bicyclic) bond motifs is 1. The molecule has 13 heavy (non-hydrogen) atoms. The summed E-state index contributed by atoms with van der Waals surface area (Å²) in [6, 6.07) is 0. The number of rotatable bonds is 1. The fourth-order valence-electron chi connectivity index (χ4n) is 1.52. The summed E-state index contributed by atoms with van der Waals surface area (Å²) in [5.74, 6) is -2.15. The van der Waals surface area contributed by atoms with Gasteiger partial charge in [-0.05, 0) is 0 Å². The van der Waals surface area contributed by atoms with Crippen LogP contribution in [-0.4, -0.2) is 45.3 Å². The number of β-lactam (4-membered cyclic amide) rings is 1. The maximum atomic E-state index is 11.2. The molecular weight excluding hydrogens is 194 g/mol. The van der Waals surface area contributed by atoms with Gasteiger partial charge in [0, 0.05) is 0 Å². The van der Waals surface area contributed by atoms with Crippen molar-refractivity contribution >= 4 is 29.4 Å². The number of Topliss-reactive ketones (excluding diaryl/α,β-unsaturated/α-hetero) is 1. The van der Waals surface area contributed by atoms with Crippen LogP contribution < -0.4 is 0 Å². The number of carboxylic acids is 1. The third-order valence-electron chi connectivity index (χ3n) is 2.17. The van der Waals surface area contributed by atoms with Crippen LogP contribution >= 0.6 is 11.8 Å². The first-order valence-electron chi connectivity index (χ1n) is 3.78. The lowest BCUT2D eigenvalue weighted by atomic mass is 9.98. The molecule has 2 heterocycles. The number of hydrogen-bond acceptors (Lipinski definition) is 4. The van der Waals surface area contributed by atoms with Gasteiger partial charge in [0.05, 0.1) is 12.3 Å². The Balaban J connectivity index is 2.12. The Kier molecular flexibility index (Phi) is 1.80. The number of aliphatic carboxylic acids is 1. The van der Waals surface area contributed by atoms with Crippen LogP contribution in [0.4, 0.5) is 0 Å². The molecule has 2 atom stereocenters. The van der Waals surface area contributed by atoms with Crippen molar-refractivity contribution in [1.29, 1.82) is 0 Å². The monoisotopic (exact) mass is 201 g/mol. The van der Waals surface area contributed by atoms with Crippen molar-refractivity contribution in [3.63, 3.8) is 0 Å². The number of ketones is 1. The number of amides is 1. The van der Waals surface area contributed by atoms with Crippen molar-refractivity contribution < 1.29 is 19.5 Å². The van der Waals surface area contributed by atoms with E-state index in [1.165, 1.54) is 16.7 Å². The number of hydrogen-bond donors (Lipinski definition) is 1. The number of thioether (sulfide) groups is 1. The molecule has 2 fully saturated rings. The van der Waals surface area contributed by atoms with Gasteiger partial charge in [0.15, 0.2) is 11.7 Å². The molecule has 0 aromatic heterocycles. The predicted molar refractivity (Wildman–Crippen MR) is 44.1 cm³/mol. The molecule has 0 aliphatic carbocycles. The highest BCUT2D eigenvalue weighted by molar-refractivity contribution is 8.00. The molecule has 2 saturated heterocycles. The average Bonchev–Trinajstić information content (AvgIpc) is 2.06. The van der Waals surface area contributed by atoms with Crippen LogP contribution in [0.2, 0.25) is 0 Å². The van der Waals surface area contributed by atoms with E-state index >= 15 is 0 Å². The first kappa shape index (κ1) is 8.55. The van der Waals surface area contributed by atoms with Gasteiger partial charge in [-0.15, -0.1) is 11.8 Å². The highest BCUT2D eigenvalue weighted by Gasteiger charge is 2.54. The van der Waals surface area contributed by atoms with E-state index in [0.29, 0.717) is 5.75 Å². The lowest BCUT2D eigenvalue weighted by molar-refractivity contribution is -0.165. The van der Waals surface area contributed by atoms with Crippen LogP contribution in [0.15, 0.2) is 0 Å². The Labute approximate surface area is 78.1 Å². The van der Waals surface area contributed by atoms with Gasteiger partial charge < -0.3 is 10.0 Å². The molecule has 70 valence electrons. The van der Waals surface area contributed by atoms with Gasteiger partial charge in [0.1, 0.15) is 5.37 Å². The highest BCUT2D eigenvalue weighted by atomic mass is 32.2. The van der Waals surface area contributed by atoms with Crippen LogP contribution in [0, 0.1) is 5.92 Å². The lowest BCUT2D eigenvalue weighted by Gasteiger charge is -2.46. The van der Waals surface area contributed by atoms with E-state index in [1.54, 1.807) is 0 Å². The van der Waals surface area contributed by atoms with Crippen LogP contribution in [-0.2, 0) is 14.4 Å². The zero-order chi connectivity index (χ0) is 9.59. The average molecular weight is 201 g/mol. The van der Waals surface area contributed by atoms with Crippen molar-refractivity contribution in [2.24, 2.45) is 5.92 Å². The van der Waals surface area contributed by atoms with Crippen molar-refractivity contribution in [2.45, 2.75) is 5.37 Å². The molecule has 1 unspecified atom stereocenters. The standard InChI is InChI=1S/C7H7NO4S/c9-3-1-8-5(10)4(7(11)12)6(8)13-2-3/h4,6H,1-2H2,(H,11,12)/t4?,6-/m0/s1. The minimum atomic E-state index is -1.09. The summed E-state index contributed by atoms with van der Waals surface area (Å²) in [6.07, 6.45) is 0. The van der Waals surface area contributed by atoms with Crippen molar-refractivity contribution in [3.05, 3.63) is 0 Å². The van der Waals surface area contributed by atoms with Gasteiger partial charge in [0.25, 0.3) is 0 Å². The Morgan fingerprint density at radius 2 is 2.23 bits per heavy atom. The third kappa shape index (κ3) is 1.13. The van der Waals surface area contributed by atoms with E-state index in [1.807, 2.05) is 0 Å². The molecule has 0 spiro atoms. The van der Waals surface area contributed by atoms with E-state index < -0.39 is 17.8 Å². The van der Waals surface area contributed by atoms with Gasteiger partial charge in [-0.25, -0.2) is 0 Å². The Hall–Kier alpha value is -1.04. The Bertz CT molecular complexity index is 303. The van der Waals surface area contributed by atoms with Crippen molar-refractivity contribution in [2.75, 3.05) is 12.3 Å². The second-order valence-electron chi connectivity index (χ2n) is 3.02. The van der Waals surface area contributed by atoms with Crippen LogP contribution in [0.25, 0.3) is 0 Å². The molecular formula is C7H7NO4S. The number of nitrogens with zero attached hydrogens (tertiary/aromatic N) is 1. The molecule has 6 heteroatoms. The van der Waals surface area contributed by atoms with Crippen molar-refractivity contribution in [1.82, 2.24) is 4.90 Å². The fraction of sp³-hybridized carbons (Fsp3) is 0.571. The summed E-state index contributed by atoms with van der Waals surface area (Å²) in [4.78, 5) is 34.0. The van der Waals surface area contributed by atoms with Crippen LogP contribution in [0.5, 0.6) is 0 Å². The molecule has 0 aromatic rings. The first-order valence-corrected chi connectivity index (χ1v) is 4.82. The lowest BCUT2D eigenvalue weighted by Crippen LogP contribution is -2.65. The zero-order valence-corrected chi connectivity index (χ0v) is 7.41. The summed E-state index contributed by atoms with van der Waals surface area (Å²) in [7, 11) is 0. The molecule has 0 radical (unpaired) electrons. The summed E-state index contributed by atoms with van der Waals surface area (Å²) < 4.78 is 0. The molecule has 2 aliphatic rings. The molecule has 0 bridgehead atoms. The van der Waals surface area contributed by atoms with Gasteiger partial charge >= 0.3 is 5.97 Å². The van der Waals surface area contributed by atoms with Gasteiger partial charge in [-0.2, -0.15) is 0 Å². The van der Waals surface area contributed by atoms with Gasteiger partial charge in [-0.3, -0.25) is 14.4 Å². The van der Waals surface area contributed by atoms with Gasteiger partial charge in [-0.1, -0.05) is 0 Å². The largest absolute Gasteiger partial charge is 0.481 e. The molecule has 0 saturated carbocycles. The SMILES string of the molecule is O=C1CS[C@H]2C(C(=O)O)C(=O)N2C1. The summed E-state index contributed by atoms with van der Waals surface area (Å²) in [6.45, 7) is 0.0836. The summed E-state index contributed by atoms with van der Waals surface area (Å²) in [5, 5.41) is 8.35. The van der Waals surface area contributed by atoms with E-state index in [9.17, 15) is 14.4 Å². The number of carboxylic acid groups (broad SMARTS) is 1. The van der Waals surface area contributed by atoms with Crippen molar-refractivity contribution in [3.8, 4) is 0 Å². The quantitative estimate of drug-likeness (QED) is 0.443. The Morgan fingerprint density at radius 1 is 1.54 bits per heavy atom. The van der Waals surface area contributed by atoms with Crippen LogP contribution in [0.1, 0.15) is 0 Å². The summed E-state index contributed by atoms with van der Waals surface area (Å²) in [5.41, 5.74) is 0. The minimum Gasteiger partial charge on any atom is -0.481 e. The highest BCUT2D eigenvalue weighted by Crippen LogP contribution is 2.37. The maximum Gasteiger partial charge on any atom is 0.319 e. The first-order chi connectivity index (χ1) is 6.11. The molecule has 2 aliphatic heterocycles. The molecule has 5 nitrogen and oxygen atoms in total. The molecule has 2 rings (SSSR count). The topological polar surface area (TPSA) is 74.7 Å². The van der Waals surface area contributed by atoms with Gasteiger partial charge in [0.2, 0.25) is 5.91 Å². The Morgan fingerprint density at radius 3 is 2.85 bits per heavy atom. The van der Waals surface area contributed by atoms with E-state index in [4.69, 9.17) is 5.11 Å². The van der Waals surface area contributed by atoms with Crippen LogP contribution in [0.3, 0.4) is 0 Å². The molecule has 0 aromatic carbocycles. The predicted octanol–water partition coefficient (Wildman–Crippen LogP) is -0.829. The normalized spacial score (nSPS) is 32.5. The number of carbonyl (C=O) groups excluding carboxylic acids is 2. The zero-order valence-electron chi connectivity index (χ0n) is 6.60.